The molecule has 424 valence electrons. The summed E-state index contributed by atoms with van der Waals surface area (Å²) in [6.45, 7) is 13.5. The molecule has 10 rings (SSSR count). The normalized spacial score (nSPS) is 17.4. The number of ketones is 2. The minimum absolute atomic E-state index is 0.0206. The molecule has 4 aromatic carbocycles. The van der Waals surface area contributed by atoms with Crippen LogP contribution in [0.1, 0.15) is 101 Å². The standard InChI is InChI=1S/C29H32F2N2O6.C27H30F2N2O4.C2H3ClO2/c1-27(2,3)24-13-18-11-17(5-7-21(18)33(24)16-20(34)15-32-26(36)37-4)12-25(35)28(9-10-28)19-6-8-22-23(14-19)39-29(30,31)38-22;1-25(2,3)23-12-17-10-16(4-6-20(17)31(23)15-19(32)14-30)11-24(33)26(8-9-26)18-5-7-21-22(13-18)35-27(28,29)34-21;1-5-2(3)4/h5-8,11,13-14,20,34H,9-10,12,15-16H2,1-4H3,(H,32,36);4-7,10,12-13,19,32H,8-9,11,14-15,30H2,1-3H3;1H3/t20-;19-;/m00./s1. The molecule has 2 aliphatic carbocycles. The predicted octanol–water partition coefficient (Wildman–Crippen LogP) is 10.2. The Balaban J connectivity index is 0.000000193. The first-order chi connectivity index (χ1) is 37.0. The second kappa shape index (κ2) is 22.0. The van der Waals surface area contributed by atoms with Crippen LogP contribution < -0.4 is 30.0 Å². The van der Waals surface area contributed by atoms with E-state index in [-0.39, 0.29) is 77.9 Å². The van der Waals surface area contributed by atoms with Crippen LogP contribution in [0.25, 0.3) is 21.8 Å². The van der Waals surface area contributed by atoms with E-state index in [0.29, 0.717) is 43.4 Å². The van der Waals surface area contributed by atoms with E-state index in [2.05, 4.69) is 104 Å². The number of hydrogen-bond acceptors (Lipinski definition) is 13. The average molecular weight is 1120 g/mol. The lowest BCUT2D eigenvalue weighted by Crippen LogP contribution is -2.35. The van der Waals surface area contributed by atoms with E-state index < -0.39 is 47.1 Å². The van der Waals surface area contributed by atoms with Crippen molar-refractivity contribution < 1.29 is 75.4 Å². The van der Waals surface area contributed by atoms with Gasteiger partial charge in [0.15, 0.2) is 23.0 Å². The Morgan fingerprint density at radius 3 is 1.37 bits per heavy atom. The number of alkyl carbamates (subject to hydrolysis) is 1. The zero-order chi connectivity index (χ0) is 57.6. The summed E-state index contributed by atoms with van der Waals surface area (Å²) >= 11 is 4.60. The molecule has 2 atom stereocenters. The van der Waals surface area contributed by atoms with Gasteiger partial charge < -0.3 is 58.8 Å². The molecule has 0 saturated heterocycles. The third kappa shape index (κ3) is 12.9. The molecule has 79 heavy (non-hydrogen) atoms. The van der Waals surface area contributed by atoms with E-state index >= 15 is 0 Å². The summed E-state index contributed by atoms with van der Waals surface area (Å²) in [5.41, 5.74) is 10.2. The first-order valence-electron chi connectivity index (χ1n) is 25.7. The van der Waals surface area contributed by atoms with Crippen molar-refractivity contribution in [3.05, 3.63) is 119 Å². The van der Waals surface area contributed by atoms with Gasteiger partial charge in [-0.2, -0.15) is 0 Å². The molecule has 2 aliphatic heterocycles. The molecule has 1 amide bonds. The third-order valence-corrected chi connectivity index (χ3v) is 14.7. The predicted molar refractivity (Wildman–Crippen MR) is 286 cm³/mol. The largest absolute Gasteiger partial charge is 0.586 e. The maximum Gasteiger partial charge on any atom is 0.586 e. The molecule has 4 aliphatic rings. The quantitative estimate of drug-likeness (QED) is 0.0558. The van der Waals surface area contributed by atoms with Crippen LogP contribution in [0.3, 0.4) is 0 Å². The van der Waals surface area contributed by atoms with E-state index in [0.717, 1.165) is 44.3 Å². The molecule has 21 heteroatoms. The summed E-state index contributed by atoms with van der Waals surface area (Å²) in [6, 6.07) is 25.1. The van der Waals surface area contributed by atoms with Gasteiger partial charge in [-0.15, -0.1) is 17.6 Å². The molecule has 2 aromatic heterocycles. The number of aliphatic hydroxyl groups excluding tert-OH is 2. The number of carbonyl (C=O) groups excluding carboxylic acids is 4. The topological polar surface area (TPSA) is 212 Å². The SMILES string of the molecule is CC(C)(C)c1cc2cc(CC(=O)C3(c4ccc5c(c4)OC(F)(F)O5)CC3)ccc2n1C[C@@H](O)CN.COC(=O)Cl.COC(=O)NC[C@H](O)Cn1c(C(C)(C)C)cc2cc(CC(=O)C3(c4ccc5c(c4)OC(F)(F)O5)CC3)ccc21. The fourth-order valence-corrected chi connectivity index (χ4v) is 10.2. The lowest BCUT2D eigenvalue weighted by Gasteiger charge is -2.24. The van der Waals surface area contributed by atoms with Crippen molar-refractivity contribution in [1.82, 2.24) is 14.5 Å². The first-order valence-corrected chi connectivity index (χ1v) is 26.1. The summed E-state index contributed by atoms with van der Waals surface area (Å²) in [5.74, 6) is -0.0836. The Kier molecular flexibility index (Phi) is 16.2. The van der Waals surface area contributed by atoms with Crippen molar-refractivity contribution in [3.8, 4) is 23.0 Å². The number of halogens is 5. The van der Waals surface area contributed by atoms with Gasteiger partial charge in [0.1, 0.15) is 11.6 Å². The van der Waals surface area contributed by atoms with Gasteiger partial charge in [-0.25, -0.2) is 9.59 Å². The maximum absolute atomic E-state index is 13.5. The van der Waals surface area contributed by atoms with Gasteiger partial charge in [-0.3, -0.25) is 9.59 Å². The first kappa shape index (κ1) is 58.3. The molecule has 0 radical (unpaired) electrons. The lowest BCUT2D eigenvalue weighted by atomic mass is 9.87. The number of methoxy groups -OCH3 is 2. The Labute approximate surface area is 459 Å². The number of rotatable bonds is 15. The summed E-state index contributed by atoms with van der Waals surface area (Å²) in [7, 11) is 2.48. The van der Waals surface area contributed by atoms with Crippen LogP contribution in [0.5, 0.6) is 23.0 Å². The number of Topliss-reactive ketones (excluding diaryl/α,β-unsaturated/α-hetero) is 2. The summed E-state index contributed by atoms with van der Waals surface area (Å²) in [5, 5.41) is 25.2. The molecule has 2 fully saturated rings. The number of hydrogen-bond donors (Lipinski definition) is 4. The number of aliphatic hydroxyl groups is 2. The minimum atomic E-state index is -3.70. The Hall–Kier alpha value is -6.87. The number of nitrogens with one attached hydrogen (secondary N) is 1. The smallest absolute Gasteiger partial charge is 0.457 e. The van der Waals surface area contributed by atoms with Gasteiger partial charge in [0.05, 0.1) is 50.3 Å². The number of alkyl halides is 4. The zero-order valence-corrected chi connectivity index (χ0v) is 45.9. The molecule has 16 nitrogen and oxygen atoms in total. The Morgan fingerprint density at radius 2 is 1.01 bits per heavy atom. The van der Waals surface area contributed by atoms with Crippen molar-refractivity contribution in [1.29, 1.82) is 0 Å². The van der Waals surface area contributed by atoms with E-state index in [1.54, 1.807) is 12.1 Å². The molecule has 0 unspecified atom stereocenters. The number of nitrogens with two attached hydrogens (primary N) is 1. The van der Waals surface area contributed by atoms with Crippen molar-refractivity contribution in [2.45, 2.75) is 140 Å². The minimum Gasteiger partial charge on any atom is -0.457 e. The van der Waals surface area contributed by atoms with E-state index in [1.165, 1.54) is 38.5 Å². The van der Waals surface area contributed by atoms with Crippen molar-refractivity contribution in [3.63, 3.8) is 0 Å². The summed E-state index contributed by atoms with van der Waals surface area (Å²) < 4.78 is 84.5. The van der Waals surface area contributed by atoms with Crippen LogP contribution in [0.4, 0.5) is 27.2 Å². The van der Waals surface area contributed by atoms with E-state index in [9.17, 15) is 47.0 Å². The highest BCUT2D eigenvalue weighted by molar-refractivity contribution is 6.61. The van der Waals surface area contributed by atoms with Gasteiger partial charge in [0.25, 0.3) is 0 Å². The fraction of sp³-hybridized carbons (Fsp3) is 0.448. The molecular formula is C58H65ClF4N4O12. The van der Waals surface area contributed by atoms with Gasteiger partial charge in [0, 0.05) is 81.6 Å². The Bertz CT molecular complexity index is 3300. The molecule has 4 heterocycles. The number of aromatic nitrogens is 2. The van der Waals surface area contributed by atoms with Crippen LogP contribution in [0, 0.1) is 0 Å². The fourth-order valence-electron chi connectivity index (χ4n) is 10.2. The zero-order valence-electron chi connectivity index (χ0n) is 45.1. The highest BCUT2D eigenvalue weighted by atomic mass is 35.5. The summed E-state index contributed by atoms with van der Waals surface area (Å²) in [4.78, 5) is 47.6. The molecule has 0 spiro atoms. The number of amides is 1. The number of carbonyl (C=O) groups is 4. The van der Waals surface area contributed by atoms with E-state index in [4.69, 9.17) is 5.73 Å². The van der Waals surface area contributed by atoms with Crippen molar-refractivity contribution in [2.24, 2.45) is 5.73 Å². The number of ether oxygens (including phenoxy) is 6. The van der Waals surface area contributed by atoms with Crippen molar-refractivity contribution >= 4 is 56.5 Å². The van der Waals surface area contributed by atoms with Gasteiger partial charge in [-0.1, -0.05) is 65.8 Å². The van der Waals surface area contributed by atoms with E-state index in [1.807, 2.05) is 41.0 Å². The summed E-state index contributed by atoms with van der Waals surface area (Å²) in [6.07, 6.45) is -6.40. The van der Waals surface area contributed by atoms with Crippen LogP contribution in [0.15, 0.2) is 84.9 Å². The van der Waals surface area contributed by atoms with Crippen LogP contribution in [0.2, 0.25) is 0 Å². The van der Waals surface area contributed by atoms with Crippen molar-refractivity contribution in [2.75, 3.05) is 27.3 Å². The second-order valence-corrected chi connectivity index (χ2v) is 22.8. The molecule has 2 saturated carbocycles. The van der Waals surface area contributed by atoms with Crippen LogP contribution in [-0.2, 0) is 66.7 Å². The van der Waals surface area contributed by atoms with Crippen LogP contribution >= 0.6 is 11.6 Å². The lowest BCUT2D eigenvalue weighted by molar-refractivity contribution is -0.287. The molecular weight excluding hydrogens is 1060 g/mol. The molecule has 6 aromatic rings. The maximum atomic E-state index is 13.5. The Morgan fingerprint density at radius 1 is 0.620 bits per heavy atom. The monoisotopic (exact) mass is 1120 g/mol. The highest BCUT2D eigenvalue weighted by Crippen LogP contribution is 2.54. The average Bonchev–Trinajstić information content (AvgIpc) is 4.26. The molecule has 5 N–H and O–H groups in total. The number of nitrogens with zero attached hydrogens (tertiary/aromatic N) is 2. The highest BCUT2D eigenvalue weighted by Gasteiger charge is 2.53. The van der Waals surface area contributed by atoms with Gasteiger partial charge in [-0.05, 0) is 109 Å². The number of fused-ring (bicyclic) bond motifs is 4. The second-order valence-electron chi connectivity index (χ2n) is 22.4. The molecule has 0 bridgehead atoms. The van der Waals surface area contributed by atoms with Gasteiger partial charge >= 0.3 is 24.1 Å². The van der Waals surface area contributed by atoms with Gasteiger partial charge in [0.2, 0.25) is 0 Å². The number of benzene rings is 4. The van der Waals surface area contributed by atoms with Crippen LogP contribution in [-0.4, -0.2) is 94.5 Å². The third-order valence-electron chi connectivity index (χ3n) is 14.6.